The van der Waals surface area contributed by atoms with Crippen molar-refractivity contribution in [1.29, 1.82) is 0 Å². The number of fused-ring (bicyclic) bond motifs is 3. The molecule has 2 aromatic heterocycles. The third-order valence-corrected chi connectivity index (χ3v) is 9.72. The van der Waals surface area contributed by atoms with Gasteiger partial charge in [-0.25, -0.2) is 0 Å². The summed E-state index contributed by atoms with van der Waals surface area (Å²) in [6, 6.07) is 65.8. The Labute approximate surface area is 368 Å². The topological polar surface area (TPSA) is 25.8 Å². The van der Waals surface area contributed by atoms with Gasteiger partial charge in [-0.2, -0.15) is 0 Å². The van der Waals surface area contributed by atoms with Crippen molar-refractivity contribution in [3.63, 3.8) is 0 Å². The van der Waals surface area contributed by atoms with Gasteiger partial charge in [0.2, 0.25) is 0 Å². The van der Waals surface area contributed by atoms with Gasteiger partial charge in [0.05, 0.1) is 5.41 Å². The van der Waals surface area contributed by atoms with E-state index in [1.165, 1.54) is 55.6 Å². The molecule has 0 saturated heterocycles. The van der Waals surface area contributed by atoms with E-state index in [-0.39, 0.29) is 60.5 Å². The van der Waals surface area contributed by atoms with E-state index in [1.54, 1.807) is 12.4 Å². The number of aromatic nitrogens is 2. The molecular weight excluding hydrogens is 1050 g/mol. The summed E-state index contributed by atoms with van der Waals surface area (Å²) >= 11 is 0. The molecule has 57 heavy (non-hydrogen) atoms. The van der Waals surface area contributed by atoms with Crippen LogP contribution in [0.1, 0.15) is 44.5 Å². The molecule has 9 rings (SSSR count). The maximum absolute atomic E-state index is 4.22. The minimum atomic E-state index is -0.288. The number of nitrogens with zero attached hydrogens (tertiary/aromatic N) is 2. The van der Waals surface area contributed by atoms with Gasteiger partial charge in [-0.15, -0.1) is 71.8 Å². The van der Waals surface area contributed by atoms with Crippen molar-refractivity contribution in [2.24, 2.45) is 0 Å². The molecule has 0 spiro atoms. The Balaban J connectivity index is 0.000000259. The van der Waals surface area contributed by atoms with Gasteiger partial charge in [-0.05, 0) is 84.6 Å². The van der Waals surface area contributed by atoms with Crippen LogP contribution in [0.15, 0.2) is 182 Å². The molecule has 6 aromatic carbocycles. The Kier molecular flexibility index (Phi) is 17.4. The first-order valence-corrected chi connectivity index (χ1v) is 18.1. The second-order valence-electron chi connectivity index (χ2n) is 13.6. The third-order valence-electron chi connectivity index (χ3n) is 9.72. The van der Waals surface area contributed by atoms with Crippen LogP contribution >= 0.6 is 0 Å². The van der Waals surface area contributed by atoms with Crippen molar-refractivity contribution in [2.45, 2.75) is 33.1 Å². The molecule has 2 radical (unpaired) electrons. The van der Waals surface area contributed by atoms with Crippen LogP contribution in [0, 0.1) is 54.7 Å². The first-order valence-electron chi connectivity index (χ1n) is 18.1. The average molecular weight is 1100 g/mol. The van der Waals surface area contributed by atoms with Crippen molar-refractivity contribution in [2.75, 3.05) is 0 Å². The van der Waals surface area contributed by atoms with Crippen molar-refractivity contribution in [1.82, 2.24) is 9.97 Å². The standard InChI is InChI=1S/C29H26.2C11H8N.2CH3.2Ir/c1-19-5-11-23(12-6-19)29(24-13-7-20(2)8-14-24)27-17-21(3)9-15-25(27)26-16-10-22(4)18-28(26)29;2*1-2-6-10(7-3-1)11-8-4-5-9-12-11;;;;/h5-18H,1-4H3;2*1-6,8-9H;2*1H3;;/q;4*-1;;. The van der Waals surface area contributed by atoms with Crippen LogP contribution in [0.25, 0.3) is 33.6 Å². The van der Waals surface area contributed by atoms with E-state index < -0.39 is 0 Å². The normalized spacial score (nSPS) is 11.1. The molecule has 1 aliphatic rings. The molecule has 0 saturated carbocycles. The molecule has 0 atom stereocenters. The zero-order valence-corrected chi connectivity index (χ0v) is 38.2. The minimum Gasteiger partial charge on any atom is -0.358 e. The Bertz CT molecular complexity index is 2150. The van der Waals surface area contributed by atoms with Crippen LogP contribution in [-0.2, 0) is 45.6 Å². The van der Waals surface area contributed by atoms with Crippen molar-refractivity contribution in [3.05, 3.63) is 254 Å². The van der Waals surface area contributed by atoms with E-state index in [2.05, 4.69) is 135 Å². The number of hydrogen-bond donors (Lipinski definition) is 0. The summed E-state index contributed by atoms with van der Waals surface area (Å²) in [5.74, 6) is 0. The summed E-state index contributed by atoms with van der Waals surface area (Å²) in [6.45, 7) is 8.72. The fourth-order valence-electron chi connectivity index (χ4n) is 7.10. The van der Waals surface area contributed by atoms with Gasteiger partial charge in [0.1, 0.15) is 0 Å². The number of hydrogen-bond acceptors (Lipinski definition) is 2. The smallest absolute Gasteiger partial charge is 0.0713 e. The minimum absolute atomic E-state index is 0. The molecule has 0 fully saturated rings. The number of rotatable bonds is 4. The number of benzene rings is 6. The van der Waals surface area contributed by atoms with E-state index in [0.717, 1.165) is 22.5 Å². The van der Waals surface area contributed by atoms with E-state index >= 15 is 0 Å². The second kappa shape index (κ2) is 21.4. The molecule has 4 heteroatoms. The predicted octanol–water partition coefficient (Wildman–Crippen LogP) is 13.3. The van der Waals surface area contributed by atoms with Crippen molar-refractivity contribution < 1.29 is 40.2 Å². The van der Waals surface area contributed by atoms with E-state index in [9.17, 15) is 0 Å². The second-order valence-corrected chi connectivity index (χ2v) is 13.6. The SMILES string of the molecule is Cc1ccc(C2(c3ccc(C)cc3)c3cc(C)ccc3-c3ccc(C)cc32)cc1.[CH3-].[CH3-].[Ir].[Ir].[c-]1ccccc1-c1ccccn1.[c-]1ccccc1-c1ccccn1. The predicted molar refractivity (Wildman–Crippen MR) is 233 cm³/mol. The molecule has 8 aromatic rings. The third kappa shape index (κ3) is 10.3. The molecular formula is C53H48Ir2N2-4. The van der Waals surface area contributed by atoms with Gasteiger partial charge in [-0.3, -0.25) is 0 Å². The molecule has 0 N–H and O–H groups in total. The summed E-state index contributed by atoms with van der Waals surface area (Å²) in [7, 11) is 0. The Morgan fingerprint density at radius 1 is 0.404 bits per heavy atom. The molecule has 2 nitrogen and oxygen atoms in total. The van der Waals surface area contributed by atoms with Gasteiger partial charge in [0, 0.05) is 52.6 Å². The maximum Gasteiger partial charge on any atom is 0.0713 e. The Morgan fingerprint density at radius 3 is 1.11 bits per heavy atom. The zero-order valence-electron chi connectivity index (χ0n) is 33.4. The molecule has 0 unspecified atom stereocenters. The molecule has 1 aliphatic carbocycles. The average Bonchev–Trinajstić information content (AvgIpc) is 3.49. The van der Waals surface area contributed by atoms with E-state index in [1.807, 2.05) is 84.9 Å². The summed E-state index contributed by atoms with van der Waals surface area (Å²) in [5.41, 5.74) is 17.1. The van der Waals surface area contributed by atoms with Crippen LogP contribution in [0.4, 0.5) is 0 Å². The Morgan fingerprint density at radius 2 is 0.772 bits per heavy atom. The summed E-state index contributed by atoms with van der Waals surface area (Å²) < 4.78 is 0. The van der Waals surface area contributed by atoms with Crippen LogP contribution in [0.5, 0.6) is 0 Å². The van der Waals surface area contributed by atoms with Gasteiger partial charge >= 0.3 is 0 Å². The van der Waals surface area contributed by atoms with Crippen LogP contribution < -0.4 is 0 Å². The molecule has 0 amide bonds. The van der Waals surface area contributed by atoms with Crippen LogP contribution in [0.3, 0.4) is 0 Å². The van der Waals surface area contributed by atoms with Gasteiger partial charge in [-0.1, -0.05) is 131 Å². The fraction of sp³-hybridized carbons (Fsp3) is 0.0943. The maximum atomic E-state index is 4.22. The summed E-state index contributed by atoms with van der Waals surface area (Å²) in [6.07, 6.45) is 3.58. The van der Waals surface area contributed by atoms with Crippen LogP contribution in [-0.4, -0.2) is 9.97 Å². The Hall–Kier alpha value is -5.08. The first kappa shape index (κ1) is 46.3. The van der Waals surface area contributed by atoms with Crippen molar-refractivity contribution >= 4 is 0 Å². The number of pyridine rings is 2. The van der Waals surface area contributed by atoms with Crippen molar-refractivity contribution in [3.8, 4) is 33.6 Å². The van der Waals surface area contributed by atoms with Gasteiger partial charge < -0.3 is 24.8 Å². The quantitative estimate of drug-likeness (QED) is 0.164. The zero-order chi connectivity index (χ0) is 36.6. The summed E-state index contributed by atoms with van der Waals surface area (Å²) in [4.78, 5) is 8.44. The molecule has 292 valence electrons. The number of aryl methyl sites for hydroxylation is 4. The summed E-state index contributed by atoms with van der Waals surface area (Å²) in [5, 5.41) is 0. The van der Waals surface area contributed by atoms with E-state index in [0.29, 0.717) is 0 Å². The first-order chi connectivity index (χ1) is 25.9. The molecule has 0 bridgehead atoms. The van der Waals surface area contributed by atoms with Gasteiger partial charge in [0.15, 0.2) is 0 Å². The monoisotopic (exact) mass is 1100 g/mol. The van der Waals surface area contributed by atoms with Crippen LogP contribution in [0.2, 0.25) is 0 Å². The molecule has 2 heterocycles. The van der Waals surface area contributed by atoms with E-state index in [4.69, 9.17) is 0 Å². The molecule has 0 aliphatic heterocycles. The largest absolute Gasteiger partial charge is 0.358 e. The van der Waals surface area contributed by atoms with Gasteiger partial charge in [0.25, 0.3) is 0 Å². The fourth-order valence-corrected chi connectivity index (χ4v) is 7.10.